The van der Waals surface area contributed by atoms with Crippen LogP contribution >= 0.6 is 0 Å². The first-order valence-electron chi connectivity index (χ1n) is 7.05. The molecule has 3 rings (SSSR count). The zero-order chi connectivity index (χ0) is 14.8. The largest absolute Gasteiger partial charge is 0.387 e. The number of rotatable bonds is 3. The van der Waals surface area contributed by atoms with Crippen molar-refractivity contribution in [2.45, 2.75) is 19.1 Å². The SMILES string of the molecule is O[C@H](CN1CCc2ccccc2C1)c1cc(F)ccc1F. The van der Waals surface area contributed by atoms with Crippen molar-refractivity contribution in [1.29, 1.82) is 0 Å². The van der Waals surface area contributed by atoms with Gasteiger partial charge in [0.1, 0.15) is 11.6 Å². The molecule has 4 heteroatoms. The van der Waals surface area contributed by atoms with E-state index in [1.54, 1.807) is 0 Å². The fraction of sp³-hybridized carbons (Fsp3) is 0.294. The first-order chi connectivity index (χ1) is 10.1. The molecule has 0 saturated carbocycles. The zero-order valence-electron chi connectivity index (χ0n) is 11.6. The molecule has 21 heavy (non-hydrogen) atoms. The molecule has 0 aliphatic carbocycles. The number of β-amino-alcohol motifs (C(OH)–C–C–N with tert-alkyl or cyclic N) is 1. The van der Waals surface area contributed by atoms with Gasteiger partial charge in [0.05, 0.1) is 6.10 Å². The van der Waals surface area contributed by atoms with Gasteiger partial charge >= 0.3 is 0 Å². The molecular weight excluding hydrogens is 272 g/mol. The van der Waals surface area contributed by atoms with E-state index in [-0.39, 0.29) is 5.56 Å². The maximum absolute atomic E-state index is 13.7. The average molecular weight is 289 g/mol. The number of aliphatic hydroxyl groups excluding tert-OH is 1. The summed E-state index contributed by atoms with van der Waals surface area (Å²) in [5.74, 6) is -1.10. The van der Waals surface area contributed by atoms with E-state index in [2.05, 4.69) is 17.0 Å². The molecule has 1 aliphatic heterocycles. The topological polar surface area (TPSA) is 23.5 Å². The second-order valence-electron chi connectivity index (χ2n) is 5.44. The first kappa shape index (κ1) is 14.2. The third kappa shape index (κ3) is 3.12. The van der Waals surface area contributed by atoms with Gasteiger partial charge in [-0.25, -0.2) is 8.78 Å². The van der Waals surface area contributed by atoms with Gasteiger partial charge in [-0.3, -0.25) is 4.90 Å². The first-order valence-corrected chi connectivity index (χ1v) is 7.05. The molecule has 0 aromatic heterocycles. The van der Waals surface area contributed by atoms with E-state index in [0.29, 0.717) is 6.54 Å². The van der Waals surface area contributed by atoms with Gasteiger partial charge < -0.3 is 5.11 Å². The second-order valence-corrected chi connectivity index (χ2v) is 5.44. The Bertz CT molecular complexity index is 644. The van der Waals surface area contributed by atoms with Crippen LogP contribution in [0.3, 0.4) is 0 Å². The van der Waals surface area contributed by atoms with Crippen LogP contribution in [0.5, 0.6) is 0 Å². The van der Waals surface area contributed by atoms with Crippen LogP contribution in [0.15, 0.2) is 42.5 Å². The van der Waals surface area contributed by atoms with Crippen molar-refractivity contribution in [3.63, 3.8) is 0 Å². The molecular formula is C17H17F2NO. The summed E-state index contributed by atoms with van der Waals surface area (Å²) in [6.07, 6.45) is -0.111. The highest BCUT2D eigenvalue weighted by Crippen LogP contribution is 2.23. The van der Waals surface area contributed by atoms with Crippen molar-refractivity contribution in [3.8, 4) is 0 Å². The molecule has 1 atom stereocenters. The highest BCUT2D eigenvalue weighted by Gasteiger charge is 2.21. The number of nitrogens with zero attached hydrogens (tertiary/aromatic N) is 1. The van der Waals surface area contributed by atoms with E-state index in [4.69, 9.17) is 0 Å². The zero-order valence-corrected chi connectivity index (χ0v) is 11.6. The molecule has 2 nitrogen and oxygen atoms in total. The number of hydrogen-bond donors (Lipinski definition) is 1. The van der Waals surface area contributed by atoms with Crippen LogP contribution in [0.1, 0.15) is 22.8 Å². The minimum Gasteiger partial charge on any atom is -0.387 e. The second kappa shape index (κ2) is 5.92. The van der Waals surface area contributed by atoms with E-state index in [9.17, 15) is 13.9 Å². The maximum Gasteiger partial charge on any atom is 0.129 e. The van der Waals surface area contributed by atoms with Gasteiger partial charge in [-0.05, 0) is 35.7 Å². The Hall–Kier alpha value is -1.78. The third-order valence-corrected chi connectivity index (χ3v) is 3.96. The summed E-state index contributed by atoms with van der Waals surface area (Å²) in [6.45, 7) is 1.84. The van der Waals surface area contributed by atoms with Crippen LogP contribution in [-0.4, -0.2) is 23.1 Å². The minimum atomic E-state index is -1.02. The van der Waals surface area contributed by atoms with E-state index in [0.717, 1.165) is 37.7 Å². The lowest BCUT2D eigenvalue weighted by Crippen LogP contribution is -2.34. The van der Waals surface area contributed by atoms with Crippen molar-refractivity contribution in [2.24, 2.45) is 0 Å². The molecule has 2 aromatic carbocycles. The molecule has 0 fully saturated rings. The Morgan fingerprint density at radius 3 is 2.67 bits per heavy atom. The lowest BCUT2D eigenvalue weighted by atomic mass is 9.99. The molecule has 1 heterocycles. The summed E-state index contributed by atoms with van der Waals surface area (Å²) < 4.78 is 26.9. The maximum atomic E-state index is 13.7. The Morgan fingerprint density at radius 1 is 1.10 bits per heavy atom. The van der Waals surface area contributed by atoms with Gasteiger partial charge in [-0.1, -0.05) is 24.3 Å². The van der Waals surface area contributed by atoms with Crippen molar-refractivity contribution in [1.82, 2.24) is 4.90 Å². The Balaban J connectivity index is 1.71. The van der Waals surface area contributed by atoms with E-state index in [1.165, 1.54) is 11.1 Å². The highest BCUT2D eigenvalue weighted by molar-refractivity contribution is 5.29. The normalized spacial score (nSPS) is 16.5. The highest BCUT2D eigenvalue weighted by atomic mass is 19.1. The molecule has 1 aliphatic rings. The summed E-state index contributed by atoms with van der Waals surface area (Å²) >= 11 is 0. The number of aliphatic hydroxyl groups is 1. The molecule has 1 N–H and O–H groups in total. The molecule has 0 spiro atoms. The van der Waals surface area contributed by atoms with Crippen LogP contribution < -0.4 is 0 Å². The standard InChI is InChI=1S/C17H17F2NO/c18-14-5-6-16(19)15(9-14)17(21)11-20-8-7-12-3-1-2-4-13(12)10-20/h1-6,9,17,21H,7-8,10-11H2/t17-/m1/s1. The lowest BCUT2D eigenvalue weighted by molar-refractivity contribution is 0.103. The fourth-order valence-corrected chi connectivity index (χ4v) is 2.82. The van der Waals surface area contributed by atoms with Crippen LogP contribution in [0.2, 0.25) is 0 Å². The van der Waals surface area contributed by atoms with Crippen molar-refractivity contribution in [3.05, 3.63) is 70.8 Å². The number of halogens is 2. The monoisotopic (exact) mass is 289 g/mol. The summed E-state index contributed by atoms with van der Waals surface area (Å²) in [4.78, 5) is 2.07. The van der Waals surface area contributed by atoms with Gasteiger partial charge in [0.25, 0.3) is 0 Å². The summed E-state index contributed by atoms with van der Waals surface area (Å²) in [5, 5.41) is 10.2. The molecule has 0 amide bonds. The molecule has 110 valence electrons. The van der Waals surface area contributed by atoms with Gasteiger partial charge in [0.2, 0.25) is 0 Å². The van der Waals surface area contributed by atoms with Gasteiger partial charge in [0, 0.05) is 25.2 Å². The van der Waals surface area contributed by atoms with Gasteiger partial charge in [0.15, 0.2) is 0 Å². The Kier molecular flexibility index (Phi) is 3.99. The van der Waals surface area contributed by atoms with Crippen molar-refractivity contribution >= 4 is 0 Å². The van der Waals surface area contributed by atoms with Crippen LogP contribution in [0.4, 0.5) is 8.78 Å². The number of hydrogen-bond acceptors (Lipinski definition) is 2. The van der Waals surface area contributed by atoms with Gasteiger partial charge in [-0.2, -0.15) is 0 Å². The predicted octanol–water partition coefficient (Wildman–Crippen LogP) is 3.06. The predicted molar refractivity (Wildman–Crippen MR) is 76.7 cm³/mol. The number of benzene rings is 2. The Morgan fingerprint density at radius 2 is 1.86 bits per heavy atom. The fourth-order valence-electron chi connectivity index (χ4n) is 2.82. The summed E-state index contributed by atoms with van der Waals surface area (Å²) in [6, 6.07) is 11.4. The van der Waals surface area contributed by atoms with Crippen LogP contribution in [-0.2, 0) is 13.0 Å². The van der Waals surface area contributed by atoms with E-state index < -0.39 is 17.7 Å². The molecule has 0 saturated heterocycles. The molecule has 2 aromatic rings. The summed E-state index contributed by atoms with van der Waals surface area (Å²) in [7, 11) is 0. The molecule has 0 unspecified atom stereocenters. The molecule has 0 bridgehead atoms. The van der Waals surface area contributed by atoms with E-state index >= 15 is 0 Å². The smallest absolute Gasteiger partial charge is 0.129 e. The average Bonchev–Trinajstić information content (AvgIpc) is 2.49. The van der Waals surface area contributed by atoms with Crippen molar-refractivity contribution < 1.29 is 13.9 Å². The van der Waals surface area contributed by atoms with E-state index in [1.807, 2.05) is 12.1 Å². The van der Waals surface area contributed by atoms with Crippen LogP contribution in [0.25, 0.3) is 0 Å². The summed E-state index contributed by atoms with van der Waals surface area (Å²) in [5.41, 5.74) is 2.57. The lowest BCUT2D eigenvalue weighted by Gasteiger charge is -2.30. The number of fused-ring (bicyclic) bond motifs is 1. The van der Waals surface area contributed by atoms with Crippen LogP contribution in [0, 0.1) is 11.6 Å². The van der Waals surface area contributed by atoms with Gasteiger partial charge in [-0.15, -0.1) is 0 Å². The van der Waals surface area contributed by atoms with Crippen molar-refractivity contribution in [2.75, 3.05) is 13.1 Å². The Labute approximate surface area is 122 Å². The quantitative estimate of drug-likeness (QED) is 0.938. The minimum absolute atomic E-state index is 0.0221. The molecule has 0 radical (unpaired) electrons. The third-order valence-electron chi connectivity index (χ3n) is 3.96.